The van der Waals surface area contributed by atoms with Gasteiger partial charge < -0.3 is 5.32 Å². The molecule has 0 saturated carbocycles. The summed E-state index contributed by atoms with van der Waals surface area (Å²) < 4.78 is 48.4. The molecule has 0 heterocycles. The van der Waals surface area contributed by atoms with Gasteiger partial charge in [0.15, 0.2) is 11.6 Å². The Kier molecular flexibility index (Phi) is 4.46. The van der Waals surface area contributed by atoms with Crippen molar-refractivity contribution < 1.29 is 17.2 Å². The van der Waals surface area contributed by atoms with E-state index in [1.807, 2.05) is 0 Å². The minimum atomic E-state index is -3.85. The number of nitrogens with two attached hydrogens (primary N) is 1. The molecule has 0 aliphatic carbocycles. The average Bonchev–Trinajstić information content (AvgIpc) is 2.40. The molecular weight excluding hydrogens is 322 g/mol. The fourth-order valence-corrected chi connectivity index (χ4v) is 2.39. The molecule has 0 aliphatic heterocycles. The van der Waals surface area contributed by atoms with Crippen molar-refractivity contribution in [3.05, 3.63) is 58.6 Å². The van der Waals surface area contributed by atoms with Crippen molar-refractivity contribution in [3.8, 4) is 0 Å². The fraction of sp³-hybridized carbons (Fsp3) is 0.0769. The van der Waals surface area contributed by atoms with Gasteiger partial charge in [-0.1, -0.05) is 17.7 Å². The molecule has 0 saturated heterocycles. The lowest BCUT2D eigenvalue weighted by Gasteiger charge is -2.10. The van der Waals surface area contributed by atoms with E-state index in [9.17, 15) is 17.2 Å². The molecular formula is C13H11ClF2N2O2S. The van der Waals surface area contributed by atoms with Gasteiger partial charge in [-0.3, -0.25) is 0 Å². The van der Waals surface area contributed by atoms with Crippen LogP contribution in [0.3, 0.4) is 0 Å². The lowest BCUT2D eigenvalue weighted by atomic mass is 10.2. The summed E-state index contributed by atoms with van der Waals surface area (Å²) >= 11 is 5.94. The Hall–Kier alpha value is -1.70. The lowest BCUT2D eigenvalue weighted by Crippen LogP contribution is -2.12. The second-order valence-electron chi connectivity index (χ2n) is 4.29. The summed E-state index contributed by atoms with van der Waals surface area (Å²) in [6.45, 7) is 0.144. The van der Waals surface area contributed by atoms with Crippen molar-refractivity contribution in [2.75, 3.05) is 5.32 Å². The first-order valence-electron chi connectivity index (χ1n) is 5.77. The van der Waals surface area contributed by atoms with Crippen LogP contribution in [0.1, 0.15) is 5.56 Å². The maximum atomic E-state index is 13.1. The molecule has 0 spiro atoms. The second kappa shape index (κ2) is 5.97. The highest BCUT2D eigenvalue weighted by molar-refractivity contribution is 7.89. The molecule has 2 aromatic rings. The van der Waals surface area contributed by atoms with E-state index in [4.69, 9.17) is 16.7 Å². The van der Waals surface area contributed by atoms with Gasteiger partial charge in [0.25, 0.3) is 0 Å². The highest BCUT2D eigenvalue weighted by Gasteiger charge is 2.11. The summed E-state index contributed by atoms with van der Waals surface area (Å²) in [6.07, 6.45) is 0. The van der Waals surface area contributed by atoms with E-state index in [0.717, 1.165) is 12.1 Å². The van der Waals surface area contributed by atoms with Crippen LogP contribution < -0.4 is 10.5 Å². The first kappa shape index (κ1) is 15.7. The molecule has 0 bridgehead atoms. The average molecular weight is 333 g/mol. The predicted octanol–water partition coefficient (Wildman–Crippen LogP) is 2.88. The molecule has 2 rings (SSSR count). The Morgan fingerprint density at radius 2 is 1.81 bits per heavy atom. The predicted molar refractivity (Wildman–Crippen MR) is 76.5 cm³/mol. The summed E-state index contributed by atoms with van der Waals surface area (Å²) in [4.78, 5) is -0.0975. The third-order valence-corrected chi connectivity index (χ3v) is 3.97. The quantitative estimate of drug-likeness (QED) is 0.904. The Balaban J connectivity index is 2.21. The van der Waals surface area contributed by atoms with Crippen LogP contribution >= 0.6 is 11.6 Å². The number of primary sulfonamides is 1. The number of anilines is 1. The molecule has 2 aromatic carbocycles. The van der Waals surface area contributed by atoms with E-state index < -0.39 is 21.7 Å². The molecule has 112 valence electrons. The number of sulfonamides is 1. The van der Waals surface area contributed by atoms with Crippen molar-refractivity contribution in [2.24, 2.45) is 5.14 Å². The van der Waals surface area contributed by atoms with Crippen LogP contribution in [0.15, 0.2) is 41.3 Å². The van der Waals surface area contributed by atoms with E-state index >= 15 is 0 Å². The van der Waals surface area contributed by atoms with E-state index in [1.165, 1.54) is 24.3 Å². The van der Waals surface area contributed by atoms with Crippen molar-refractivity contribution in [1.29, 1.82) is 0 Å². The third-order valence-electron chi connectivity index (χ3n) is 2.73. The van der Waals surface area contributed by atoms with E-state index in [-0.39, 0.29) is 16.5 Å². The zero-order valence-corrected chi connectivity index (χ0v) is 12.2. The topological polar surface area (TPSA) is 72.2 Å². The molecule has 0 amide bonds. The van der Waals surface area contributed by atoms with Crippen molar-refractivity contribution in [1.82, 2.24) is 0 Å². The molecule has 0 unspecified atom stereocenters. The maximum Gasteiger partial charge on any atom is 0.238 e. The van der Waals surface area contributed by atoms with E-state index in [2.05, 4.69) is 5.32 Å². The first-order valence-corrected chi connectivity index (χ1v) is 7.70. The van der Waals surface area contributed by atoms with Gasteiger partial charge in [0.1, 0.15) is 0 Å². The fourth-order valence-electron chi connectivity index (χ4n) is 1.66. The minimum Gasteiger partial charge on any atom is -0.380 e. The zero-order valence-electron chi connectivity index (χ0n) is 10.6. The number of benzene rings is 2. The molecule has 0 fully saturated rings. The van der Waals surface area contributed by atoms with Crippen LogP contribution in [0.5, 0.6) is 0 Å². The molecule has 0 atom stereocenters. The van der Waals surface area contributed by atoms with Gasteiger partial charge in [-0.2, -0.15) is 0 Å². The van der Waals surface area contributed by atoms with E-state index in [1.54, 1.807) is 0 Å². The van der Waals surface area contributed by atoms with Crippen molar-refractivity contribution in [3.63, 3.8) is 0 Å². The number of rotatable bonds is 4. The first-order chi connectivity index (χ1) is 9.77. The zero-order chi connectivity index (χ0) is 15.6. The smallest absolute Gasteiger partial charge is 0.238 e. The molecule has 3 N–H and O–H groups in total. The van der Waals surface area contributed by atoms with Crippen LogP contribution in [0.25, 0.3) is 0 Å². The molecule has 0 aromatic heterocycles. The van der Waals surface area contributed by atoms with E-state index in [0.29, 0.717) is 11.3 Å². The Labute approximate surface area is 125 Å². The van der Waals surface area contributed by atoms with Crippen LogP contribution in [0, 0.1) is 11.6 Å². The summed E-state index contributed by atoms with van der Waals surface area (Å²) in [7, 11) is -3.85. The largest absolute Gasteiger partial charge is 0.380 e. The molecule has 0 aliphatic rings. The number of hydrogen-bond acceptors (Lipinski definition) is 3. The minimum absolute atomic E-state index is 0.0975. The lowest BCUT2D eigenvalue weighted by molar-refractivity contribution is 0.507. The van der Waals surface area contributed by atoms with Crippen LogP contribution in [-0.2, 0) is 16.6 Å². The van der Waals surface area contributed by atoms with Crippen molar-refractivity contribution in [2.45, 2.75) is 11.4 Å². The summed E-state index contributed by atoms with van der Waals surface area (Å²) in [5.41, 5.74) is 0.805. The van der Waals surface area contributed by atoms with Gasteiger partial charge in [-0.25, -0.2) is 22.3 Å². The summed E-state index contributed by atoms with van der Waals surface area (Å²) in [5, 5.41) is 8.16. The Bertz CT molecular complexity index is 782. The maximum absolute atomic E-state index is 13.1. The summed E-state index contributed by atoms with van der Waals surface area (Å²) in [5.74, 6) is -1.90. The van der Waals surface area contributed by atoms with Crippen LogP contribution in [-0.4, -0.2) is 8.42 Å². The van der Waals surface area contributed by atoms with Gasteiger partial charge in [-0.05, 0) is 35.9 Å². The Morgan fingerprint density at radius 3 is 2.43 bits per heavy atom. The molecule has 4 nitrogen and oxygen atoms in total. The van der Waals surface area contributed by atoms with Crippen LogP contribution in [0.2, 0.25) is 5.02 Å². The van der Waals surface area contributed by atoms with Gasteiger partial charge in [-0.15, -0.1) is 0 Å². The van der Waals surface area contributed by atoms with Gasteiger partial charge in [0, 0.05) is 6.54 Å². The molecule has 8 heteroatoms. The summed E-state index contributed by atoms with van der Waals surface area (Å²) in [6, 6.07) is 7.39. The molecule has 21 heavy (non-hydrogen) atoms. The SMILES string of the molecule is NS(=O)(=O)c1ccc(Cl)c(NCc2ccc(F)c(F)c2)c1. The van der Waals surface area contributed by atoms with Crippen molar-refractivity contribution >= 4 is 27.3 Å². The second-order valence-corrected chi connectivity index (χ2v) is 6.26. The highest BCUT2D eigenvalue weighted by Crippen LogP contribution is 2.25. The standard InChI is InChI=1S/C13H11ClF2N2O2S/c14-10-3-2-9(21(17,19)20)6-13(10)18-7-8-1-4-11(15)12(16)5-8/h1-6,18H,7H2,(H2,17,19,20). The number of nitrogens with one attached hydrogen (secondary N) is 1. The third kappa shape index (κ3) is 3.90. The molecule has 0 radical (unpaired) electrons. The van der Waals surface area contributed by atoms with Gasteiger partial charge in [0.05, 0.1) is 15.6 Å². The van der Waals surface area contributed by atoms with Crippen LogP contribution in [0.4, 0.5) is 14.5 Å². The number of hydrogen-bond donors (Lipinski definition) is 2. The monoisotopic (exact) mass is 332 g/mol. The number of halogens is 3. The highest BCUT2D eigenvalue weighted by atomic mass is 35.5. The normalized spacial score (nSPS) is 11.4. The van der Waals surface area contributed by atoms with Gasteiger partial charge in [0.2, 0.25) is 10.0 Å². The van der Waals surface area contributed by atoms with Gasteiger partial charge >= 0.3 is 0 Å². The Morgan fingerprint density at radius 1 is 1.10 bits per heavy atom.